The Morgan fingerprint density at radius 3 is 2.25 bits per heavy atom. The average Bonchev–Trinajstić information content (AvgIpc) is 2.96. The van der Waals surface area contributed by atoms with Crippen molar-refractivity contribution in [3.05, 3.63) is 33.1 Å². The van der Waals surface area contributed by atoms with Gasteiger partial charge in [-0.2, -0.15) is 8.62 Å². The van der Waals surface area contributed by atoms with E-state index in [0.717, 1.165) is 12.3 Å². The van der Waals surface area contributed by atoms with Crippen LogP contribution in [0.15, 0.2) is 21.9 Å². The van der Waals surface area contributed by atoms with Crippen molar-refractivity contribution >= 4 is 23.5 Å². The predicted molar refractivity (Wildman–Crippen MR) is 92.8 cm³/mol. The predicted octanol–water partition coefficient (Wildman–Crippen LogP) is -2.45. The number of nitrogens with zero attached hydrogens (tertiary/aromatic N) is 1. The van der Waals surface area contributed by atoms with Gasteiger partial charge in [0.05, 0.1) is 0 Å². The van der Waals surface area contributed by atoms with Crippen LogP contribution in [0, 0.1) is 12.3 Å². The Morgan fingerprint density at radius 2 is 1.75 bits per heavy atom. The number of hydrogen-bond acceptors (Lipinski definition) is 11. The number of H-pyrrole nitrogens is 1. The molecule has 0 amide bonds. The van der Waals surface area contributed by atoms with Crippen molar-refractivity contribution in [1.29, 1.82) is 0 Å². The van der Waals surface area contributed by atoms with Crippen molar-refractivity contribution in [1.82, 2.24) is 9.55 Å². The lowest BCUT2D eigenvalue weighted by atomic mass is 9.93. The lowest BCUT2D eigenvalue weighted by Gasteiger charge is -2.31. The summed E-state index contributed by atoms with van der Waals surface area (Å²) in [6, 6.07) is 0.754. The molecule has 0 radical (unpaired) electrons. The number of phosphoric acid groups is 3. The van der Waals surface area contributed by atoms with Gasteiger partial charge in [-0.05, 0) is 0 Å². The smallest absolute Gasteiger partial charge is 0.378 e. The van der Waals surface area contributed by atoms with Gasteiger partial charge in [-0.25, -0.2) is 22.9 Å². The van der Waals surface area contributed by atoms with E-state index < -0.39 is 64.1 Å². The summed E-state index contributed by atoms with van der Waals surface area (Å²) < 4.78 is 65.2. The lowest BCUT2D eigenvalue weighted by molar-refractivity contribution is -0.168. The molecular weight excluding hydrogens is 512 g/mol. The zero-order valence-corrected chi connectivity index (χ0v) is 17.6. The van der Waals surface area contributed by atoms with Crippen molar-refractivity contribution in [2.24, 2.45) is 0 Å². The van der Waals surface area contributed by atoms with E-state index in [0.29, 0.717) is 4.57 Å². The quantitative estimate of drug-likeness (QED) is 0.144. The van der Waals surface area contributed by atoms with Gasteiger partial charge in [0.15, 0.2) is 12.3 Å². The second kappa shape index (κ2) is 7.23. The maximum Gasteiger partial charge on any atom is 0.490 e. The van der Waals surface area contributed by atoms with E-state index in [1.54, 1.807) is 10.9 Å². The number of aromatic amines is 1. The summed E-state index contributed by atoms with van der Waals surface area (Å²) in [5.41, 5.74) is -8.72. The fraction of sp³-hybridized carbons (Fsp3) is 0.455. The maximum atomic E-state index is 15.2. The Morgan fingerprint density at radius 1 is 1.16 bits per heavy atom. The van der Waals surface area contributed by atoms with Crippen LogP contribution in [-0.4, -0.2) is 62.5 Å². The van der Waals surface area contributed by atoms with Crippen molar-refractivity contribution < 1.29 is 65.8 Å². The van der Waals surface area contributed by atoms with Crippen molar-refractivity contribution in [2.75, 3.05) is 0 Å². The van der Waals surface area contributed by atoms with Gasteiger partial charge in [0.2, 0.25) is 11.2 Å². The number of aromatic nitrogens is 2. The topological polar surface area (TPSA) is 264 Å². The van der Waals surface area contributed by atoms with E-state index >= 15 is 4.39 Å². The average molecular weight is 524 g/mol. The third-order valence-electron chi connectivity index (χ3n) is 4.35. The van der Waals surface area contributed by atoms with Crippen LogP contribution in [0.5, 0.6) is 0 Å². The minimum atomic E-state index is -5.98. The highest BCUT2D eigenvalue weighted by Crippen LogP contribution is 2.74. The van der Waals surface area contributed by atoms with Gasteiger partial charge in [-0.3, -0.25) is 18.9 Å². The molecule has 2 fully saturated rings. The van der Waals surface area contributed by atoms with Gasteiger partial charge >= 0.3 is 29.2 Å². The molecule has 21 heteroatoms. The Bertz CT molecular complexity index is 1270. The second-order valence-corrected chi connectivity index (χ2v) is 10.8. The molecule has 1 aromatic heterocycles. The first-order valence-corrected chi connectivity index (χ1v) is 12.3. The number of terminal acetylenes is 1. The largest absolute Gasteiger partial charge is 0.490 e. The van der Waals surface area contributed by atoms with E-state index in [9.17, 15) is 38.4 Å². The van der Waals surface area contributed by atoms with Crippen LogP contribution >= 0.6 is 23.5 Å². The summed E-state index contributed by atoms with van der Waals surface area (Å²) in [6.45, 7) is 0. The molecule has 3 rings (SSSR count). The first kappa shape index (κ1) is 25.1. The minimum Gasteiger partial charge on any atom is -0.378 e. The number of aliphatic hydroxyl groups is 2. The maximum absolute atomic E-state index is 15.2. The summed E-state index contributed by atoms with van der Waals surface area (Å²) >= 11 is 0. The number of hydrogen-bond donors (Lipinski definition) is 7. The molecule has 0 spiro atoms. The first-order valence-electron chi connectivity index (χ1n) is 7.75. The number of rotatable bonds is 7. The number of alkyl halides is 1. The van der Waals surface area contributed by atoms with Crippen LogP contribution < -0.4 is 11.2 Å². The molecule has 1 saturated heterocycles. The normalized spacial score (nSPS) is 37.7. The van der Waals surface area contributed by atoms with E-state index in [1.807, 2.05) is 0 Å². The molecule has 0 aromatic carbocycles. The molecule has 1 aromatic rings. The SMILES string of the molecule is C#C[C@]1(O)[C@H](n2ccc(=O)[nH]c2=O)O[C@]2(F)C(OP(=O)(O)OP(=O)(O)OP(=O)(O)O)[C@@]21O. The van der Waals surface area contributed by atoms with Crippen molar-refractivity contribution in [3.8, 4) is 12.3 Å². The summed E-state index contributed by atoms with van der Waals surface area (Å²) in [5, 5.41) is 21.2. The molecular formula is C11H12FN2O15P3. The number of halogens is 1. The molecule has 17 nitrogen and oxygen atoms in total. The summed E-state index contributed by atoms with van der Waals surface area (Å²) in [7, 11) is -17.7. The Labute approximate surface area is 174 Å². The summed E-state index contributed by atoms with van der Waals surface area (Å²) in [5.74, 6) is -2.06. The van der Waals surface area contributed by atoms with E-state index in [4.69, 9.17) is 25.8 Å². The van der Waals surface area contributed by atoms with E-state index in [-0.39, 0.29) is 0 Å². The van der Waals surface area contributed by atoms with Crippen LogP contribution in [0.2, 0.25) is 0 Å². The van der Waals surface area contributed by atoms with Crippen molar-refractivity contribution in [2.45, 2.75) is 29.4 Å². The third-order valence-corrected chi connectivity index (χ3v) is 8.16. The fourth-order valence-corrected chi connectivity index (χ4v) is 6.26. The lowest BCUT2D eigenvalue weighted by Crippen LogP contribution is -2.52. The molecule has 7 N–H and O–H groups in total. The molecule has 7 atom stereocenters. The molecule has 1 saturated carbocycles. The van der Waals surface area contributed by atoms with Gasteiger partial charge in [0.1, 0.15) is 0 Å². The van der Waals surface area contributed by atoms with Gasteiger partial charge in [0.25, 0.3) is 11.4 Å². The summed E-state index contributed by atoms with van der Waals surface area (Å²) in [4.78, 5) is 60.4. The number of nitrogens with one attached hydrogen (secondary N) is 1. The fourth-order valence-electron chi connectivity index (χ4n) is 3.04. The van der Waals surface area contributed by atoms with Crippen LogP contribution in [0.1, 0.15) is 6.23 Å². The Balaban J connectivity index is 1.90. The molecule has 2 aliphatic rings. The van der Waals surface area contributed by atoms with Crippen LogP contribution in [0.25, 0.3) is 0 Å². The van der Waals surface area contributed by atoms with Gasteiger partial charge < -0.3 is 34.5 Å². The van der Waals surface area contributed by atoms with E-state index in [1.165, 1.54) is 0 Å². The van der Waals surface area contributed by atoms with Crippen LogP contribution in [0.4, 0.5) is 4.39 Å². The second-order valence-electron chi connectivity index (χ2n) is 6.39. The highest BCUT2D eigenvalue weighted by atomic mass is 31.3. The zero-order chi connectivity index (χ0) is 24.5. The van der Waals surface area contributed by atoms with Crippen molar-refractivity contribution in [3.63, 3.8) is 0 Å². The molecule has 32 heavy (non-hydrogen) atoms. The van der Waals surface area contributed by atoms with Gasteiger partial charge in [-0.1, -0.05) is 5.92 Å². The van der Waals surface area contributed by atoms with Gasteiger partial charge in [-0.15, -0.1) is 6.42 Å². The Hall–Kier alpha value is -1.54. The molecule has 0 bridgehead atoms. The highest BCUT2D eigenvalue weighted by molar-refractivity contribution is 7.66. The molecule has 178 valence electrons. The Kier molecular flexibility index (Phi) is 5.67. The first-order chi connectivity index (χ1) is 14.3. The molecule has 2 heterocycles. The number of fused-ring (bicyclic) bond motifs is 1. The molecule has 3 unspecified atom stereocenters. The summed E-state index contributed by atoms with van der Waals surface area (Å²) in [6.07, 6.45) is 0.971. The van der Waals surface area contributed by atoms with Crippen LogP contribution in [0.3, 0.4) is 0 Å². The highest BCUT2D eigenvalue weighted by Gasteiger charge is 2.97. The standard InChI is InChI=1S/C11H12FN2O15P3/c1-2-9(17)7(14-4-3-5(15)13-8(14)16)26-11(12)6(10(9,11)18)27-31(22,23)29-32(24,25)28-30(19,20)21/h1,3-4,6-7,17-18H,(H,22,23)(H,24,25)(H,13,15,16)(H2,19,20,21)/t6?,7-,9+,10+,11-/m1/s1. The zero-order valence-electron chi connectivity index (χ0n) is 14.9. The van der Waals surface area contributed by atoms with Crippen LogP contribution in [-0.2, 0) is 31.6 Å². The number of phosphoric ester groups is 1. The minimum absolute atomic E-state index is 0.384. The van der Waals surface area contributed by atoms with E-state index in [2.05, 4.69) is 13.1 Å². The molecule has 1 aliphatic heterocycles. The number of ether oxygens (including phenoxy) is 1. The third kappa shape index (κ3) is 3.87. The monoisotopic (exact) mass is 524 g/mol. The molecule has 1 aliphatic carbocycles. The van der Waals surface area contributed by atoms with Gasteiger partial charge in [0, 0.05) is 12.3 Å².